The third-order valence-corrected chi connectivity index (χ3v) is 10.6. The lowest BCUT2D eigenvalue weighted by Crippen LogP contribution is -1.92. The Hall–Kier alpha value is -4.70. The zero-order chi connectivity index (χ0) is 26.9. The number of benzene rings is 6. The average Bonchev–Trinajstić information content (AvgIpc) is 3.70. The van der Waals surface area contributed by atoms with E-state index in [1.54, 1.807) is 0 Å². The van der Waals surface area contributed by atoms with E-state index in [0.29, 0.717) is 0 Å². The lowest BCUT2D eigenvalue weighted by atomic mass is 9.93. The molecule has 0 bridgehead atoms. The van der Waals surface area contributed by atoms with Gasteiger partial charge in [-0.15, -0.1) is 22.7 Å². The van der Waals surface area contributed by atoms with Gasteiger partial charge in [0.05, 0.1) is 15.7 Å². The van der Waals surface area contributed by atoms with Crippen molar-refractivity contribution in [3.63, 3.8) is 0 Å². The van der Waals surface area contributed by atoms with Gasteiger partial charge in [0.15, 0.2) is 0 Å². The van der Waals surface area contributed by atoms with Crippen LogP contribution in [0.4, 0.5) is 0 Å². The fourth-order valence-corrected chi connectivity index (χ4v) is 8.90. The maximum Gasteiger partial charge on any atom is 0.0727 e. The van der Waals surface area contributed by atoms with Gasteiger partial charge in [0.2, 0.25) is 0 Å². The van der Waals surface area contributed by atoms with E-state index >= 15 is 0 Å². The molecular formula is C38H23NS2. The second-order valence-corrected chi connectivity index (χ2v) is 12.6. The van der Waals surface area contributed by atoms with Crippen molar-refractivity contribution in [2.24, 2.45) is 0 Å². The van der Waals surface area contributed by atoms with Gasteiger partial charge in [0, 0.05) is 46.9 Å². The summed E-state index contributed by atoms with van der Waals surface area (Å²) in [7, 11) is 0. The van der Waals surface area contributed by atoms with Gasteiger partial charge in [-0.2, -0.15) is 0 Å². The van der Waals surface area contributed by atoms with Crippen LogP contribution >= 0.6 is 22.7 Å². The molecule has 0 amide bonds. The molecule has 0 saturated heterocycles. The van der Waals surface area contributed by atoms with Gasteiger partial charge >= 0.3 is 0 Å². The third-order valence-electron chi connectivity index (χ3n) is 8.22. The van der Waals surface area contributed by atoms with E-state index in [4.69, 9.17) is 0 Å². The van der Waals surface area contributed by atoms with Crippen molar-refractivity contribution in [3.05, 3.63) is 140 Å². The van der Waals surface area contributed by atoms with Gasteiger partial charge in [0.25, 0.3) is 0 Å². The molecule has 3 aromatic heterocycles. The van der Waals surface area contributed by atoms with Crippen LogP contribution in [-0.2, 0) is 0 Å². The Morgan fingerprint density at radius 3 is 2.00 bits per heavy atom. The Morgan fingerprint density at radius 2 is 1.10 bits per heavy atom. The number of hydrogen-bond acceptors (Lipinski definition) is 2. The number of thiophene rings is 2. The molecular weight excluding hydrogens is 535 g/mol. The van der Waals surface area contributed by atoms with E-state index in [1.165, 1.54) is 79.3 Å². The lowest BCUT2D eigenvalue weighted by Gasteiger charge is -2.12. The maximum atomic E-state index is 2.43. The maximum absolute atomic E-state index is 2.43. The molecule has 0 aliphatic heterocycles. The van der Waals surface area contributed by atoms with Crippen molar-refractivity contribution >= 4 is 74.1 Å². The zero-order valence-corrected chi connectivity index (χ0v) is 23.7. The summed E-state index contributed by atoms with van der Waals surface area (Å²) in [5, 5.41) is 5.29. The molecule has 0 atom stereocenters. The van der Waals surface area contributed by atoms with Gasteiger partial charge in [-0.3, -0.25) is 0 Å². The molecule has 0 N–H and O–H groups in total. The quantitative estimate of drug-likeness (QED) is 0.204. The first-order valence-electron chi connectivity index (χ1n) is 13.9. The summed E-state index contributed by atoms with van der Waals surface area (Å²) in [5.74, 6) is 0. The van der Waals surface area contributed by atoms with Crippen molar-refractivity contribution in [1.29, 1.82) is 0 Å². The second-order valence-electron chi connectivity index (χ2n) is 10.5. The lowest BCUT2D eigenvalue weighted by molar-refractivity contribution is 1.19. The van der Waals surface area contributed by atoms with Crippen LogP contribution in [0.25, 0.3) is 79.3 Å². The van der Waals surface area contributed by atoms with E-state index in [1.807, 2.05) is 22.7 Å². The zero-order valence-electron chi connectivity index (χ0n) is 22.0. The molecule has 0 unspecified atom stereocenters. The monoisotopic (exact) mass is 557 g/mol. The third kappa shape index (κ3) is 3.40. The first kappa shape index (κ1) is 23.0. The molecule has 3 heteroatoms. The van der Waals surface area contributed by atoms with Crippen molar-refractivity contribution < 1.29 is 0 Å². The highest BCUT2D eigenvalue weighted by Crippen LogP contribution is 2.46. The molecule has 0 aliphatic carbocycles. The van der Waals surface area contributed by atoms with E-state index < -0.39 is 0 Å². The molecule has 0 fully saturated rings. The number of para-hydroxylation sites is 2. The van der Waals surface area contributed by atoms with Gasteiger partial charge in [0.1, 0.15) is 0 Å². The van der Waals surface area contributed by atoms with Crippen molar-refractivity contribution in [2.45, 2.75) is 0 Å². The van der Waals surface area contributed by atoms with Crippen molar-refractivity contribution in [2.75, 3.05) is 0 Å². The van der Waals surface area contributed by atoms with E-state index in [0.717, 1.165) is 0 Å². The number of nitrogens with zero attached hydrogens (tertiary/aromatic N) is 1. The highest BCUT2D eigenvalue weighted by Gasteiger charge is 2.19. The first-order valence-corrected chi connectivity index (χ1v) is 15.5. The van der Waals surface area contributed by atoms with E-state index in [2.05, 4.69) is 144 Å². The normalized spacial score (nSPS) is 11.9. The van der Waals surface area contributed by atoms with Crippen LogP contribution in [-0.4, -0.2) is 4.57 Å². The molecule has 1 nitrogen and oxygen atoms in total. The summed E-state index contributed by atoms with van der Waals surface area (Å²) >= 11 is 3.80. The van der Waals surface area contributed by atoms with Crippen LogP contribution in [0.5, 0.6) is 0 Å². The molecule has 3 heterocycles. The van der Waals surface area contributed by atoms with Crippen LogP contribution in [0, 0.1) is 0 Å². The predicted molar refractivity (Wildman–Crippen MR) is 180 cm³/mol. The Labute approximate surface area is 245 Å². The molecule has 9 rings (SSSR count). The molecule has 0 spiro atoms. The molecule has 9 aromatic rings. The summed E-state index contributed by atoms with van der Waals surface area (Å²) in [6, 6.07) is 50.9. The number of hydrogen-bond donors (Lipinski definition) is 0. The van der Waals surface area contributed by atoms with Gasteiger partial charge in [-0.05, 0) is 47.0 Å². The molecule has 0 aliphatic rings. The van der Waals surface area contributed by atoms with Crippen LogP contribution in [0.1, 0.15) is 0 Å². The Balaban J connectivity index is 1.28. The van der Waals surface area contributed by atoms with Gasteiger partial charge in [-0.1, -0.05) is 109 Å². The molecule has 41 heavy (non-hydrogen) atoms. The molecule has 6 aromatic carbocycles. The summed E-state index contributed by atoms with van der Waals surface area (Å²) in [4.78, 5) is 0. The number of rotatable bonds is 3. The van der Waals surface area contributed by atoms with Crippen molar-refractivity contribution in [1.82, 2.24) is 4.57 Å². The predicted octanol–water partition coefficient (Wildman–Crippen LogP) is 11.7. The SMILES string of the molecule is c1ccc(-n2c3ccccc3c3sc4cc(-c5ccccc5-c5cccc6c5sc5ccccc56)ccc4c32)cc1. The van der Waals surface area contributed by atoms with E-state index in [-0.39, 0.29) is 0 Å². The van der Waals surface area contributed by atoms with Crippen molar-refractivity contribution in [3.8, 4) is 27.9 Å². The minimum absolute atomic E-state index is 1.20. The topological polar surface area (TPSA) is 4.93 Å². The summed E-state index contributed by atoms with van der Waals surface area (Å²) in [6.45, 7) is 0. The first-order chi connectivity index (χ1) is 20.3. The summed E-state index contributed by atoms with van der Waals surface area (Å²) in [6.07, 6.45) is 0. The Morgan fingerprint density at radius 1 is 0.415 bits per heavy atom. The smallest absolute Gasteiger partial charge is 0.0727 e. The Kier molecular flexibility index (Phi) is 5.00. The fourth-order valence-electron chi connectivity index (χ4n) is 6.41. The minimum atomic E-state index is 1.20. The molecule has 192 valence electrons. The van der Waals surface area contributed by atoms with Crippen LogP contribution in [0.15, 0.2) is 140 Å². The fraction of sp³-hybridized carbons (Fsp3) is 0. The van der Waals surface area contributed by atoms with E-state index in [9.17, 15) is 0 Å². The largest absolute Gasteiger partial charge is 0.308 e. The molecule has 0 saturated carbocycles. The number of aromatic nitrogens is 1. The molecule has 0 radical (unpaired) electrons. The highest BCUT2D eigenvalue weighted by atomic mass is 32.1. The summed E-state index contributed by atoms with van der Waals surface area (Å²) in [5.41, 5.74) is 8.87. The standard InChI is InChI=1S/C38H23NS2/c1-2-11-25(12-3-1)39-33-19-8-6-16-31(33)38-36(39)32-22-21-24(23-35(32)41-38)26-13-4-5-14-27(26)29-17-10-18-30-28-15-7-9-20-34(28)40-37(29)30/h1-23H. The van der Waals surface area contributed by atoms with Gasteiger partial charge in [-0.25, -0.2) is 0 Å². The Bertz CT molecular complexity index is 2420. The van der Waals surface area contributed by atoms with Crippen LogP contribution in [0.3, 0.4) is 0 Å². The minimum Gasteiger partial charge on any atom is -0.308 e. The second kappa shape index (κ2) is 8.90. The van der Waals surface area contributed by atoms with Gasteiger partial charge < -0.3 is 4.57 Å². The summed E-state index contributed by atoms with van der Waals surface area (Å²) < 4.78 is 7.79. The van der Waals surface area contributed by atoms with Crippen LogP contribution < -0.4 is 0 Å². The number of fused-ring (bicyclic) bond motifs is 8. The highest BCUT2D eigenvalue weighted by molar-refractivity contribution is 7.27. The van der Waals surface area contributed by atoms with Crippen LogP contribution in [0.2, 0.25) is 0 Å². The average molecular weight is 558 g/mol.